The number of ketones is 1. The lowest BCUT2D eigenvalue weighted by Gasteiger charge is -2.17. The molecule has 1 atom stereocenters. The van der Waals surface area contributed by atoms with Gasteiger partial charge in [-0.2, -0.15) is 0 Å². The third-order valence-corrected chi connectivity index (χ3v) is 5.01. The lowest BCUT2D eigenvalue weighted by atomic mass is 9.85. The highest BCUT2D eigenvalue weighted by Crippen LogP contribution is 2.34. The molecule has 1 aromatic heterocycles. The van der Waals surface area contributed by atoms with Gasteiger partial charge in [-0.25, -0.2) is 0 Å². The summed E-state index contributed by atoms with van der Waals surface area (Å²) in [5, 5.41) is 1.84. The molecule has 0 aliphatic heterocycles. The van der Waals surface area contributed by atoms with Gasteiger partial charge in [0.2, 0.25) is 0 Å². The monoisotopic (exact) mass is 359 g/mol. The van der Waals surface area contributed by atoms with E-state index in [1.807, 2.05) is 72.9 Å². The van der Waals surface area contributed by atoms with Gasteiger partial charge in [0, 0.05) is 40.0 Å². The Morgan fingerprint density at radius 2 is 1.58 bits per heavy atom. The van der Waals surface area contributed by atoms with Crippen molar-refractivity contribution in [3.63, 3.8) is 0 Å². The normalized spacial score (nSPS) is 12.2. The summed E-state index contributed by atoms with van der Waals surface area (Å²) in [6, 6.07) is 25.4. The molecule has 0 aliphatic rings. The topological polar surface area (TPSA) is 32.9 Å². The molecule has 0 radical (unpaired) electrons. The molecule has 3 heteroatoms. The first-order valence-electron chi connectivity index (χ1n) is 8.62. The fourth-order valence-electron chi connectivity index (χ4n) is 3.41. The summed E-state index contributed by atoms with van der Waals surface area (Å²) in [5.41, 5.74) is 4.04. The van der Waals surface area contributed by atoms with Gasteiger partial charge in [0.25, 0.3) is 0 Å². The third kappa shape index (κ3) is 3.29. The summed E-state index contributed by atoms with van der Waals surface area (Å²) in [7, 11) is 0. The highest BCUT2D eigenvalue weighted by molar-refractivity contribution is 6.30. The Hall–Kier alpha value is -2.84. The van der Waals surface area contributed by atoms with E-state index in [1.54, 1.807) is 0 Å². The van der Waals surface area contributed by atoms with E-state index in [2.05, 4.69) is 17.1 Å². The summed E-state index contributed by atoms with van der Waals surface area (Å²) in [4.78, 5) is 16.2. The highest BCUT2D eigenvalue weighted by atomic mass is 35.5. The minimum absolute atomic E-state index is 0.0314. The second-order valence-electron chi connectivity index (χ2n) is 6.39. The van der Waals surface area contributed by atoms with E-state index in [0.29, 0.717) is 11.4 Å². The number of halogens is 1. The van der Waals surface area contributed by atoms with Gasteiger partial charge >= 0.3 is 0 Å². The number of aromatic amines is 1. The summed E-state index contributed by atoms with van der Waals surface area (Å²) in [6.07, 6.45) is 2.43. The Balaban J connectivity index is 1.77. The molecule has 0 fully saturated rings. The van der Waals surface area contributed by atoms with E-state index in [4.69, 9.17) is 11.6 Å². The van der Waals surface area contributed by atoms with Crippen LogP contribution in [0.3, 0.4) is 0 Å². The van der Waals surface area contributed by atoms with Gasteiger partial charge in [0.05, 0.1) is 0 Å². The molecular weight excluding hydrogens is 342 g/mol. The molecule has 0 amide bonds. The van der Waals surface area contributed by atoms with Crippen molar-refractivity contribution in [2.75, 3.05) is 0 Å². The van der Waals surface area contributed by atoms with Gasteiger partial charge < -0.3 is 4.98 Å². The zero-order valence-corrected chi connectivity index (χ0v) is 14.9. The van der Waals surface area contributed by atoms with Crippen LogP contribution in [-0.2, 0) is 0 Å². The van der Waals surface area contributed by atoms with Crippen molar-refractivity contribution in [1.82, 2.24) is 4.98 Å². The standard InChI is InChI=1S/C23H18ClNO/c24-18-12-10-16(11-13-18)20(14-23(26)17-6-2-1-3-7-17)21-15-25-22-9-5-4-8-19(21)22/h1-13,15,20,25H,14H2/t20-/m0/s1. The number of carbonyl (C=O) groups excluding carboxylic acids is 1. The van der Waals surface area contributed by atoms with Crippen molar-refractivity contribution >= 4 is 28.3 Å². The van der Waals surface area contributed by atoms with Crippen molar-refractivity contribution in [3.05, 3.63) is 107 Å². The molecule has 1 heterocycles. The van der Waals surface area contributed by atoms with Crippen LogP contribution >= 0.6 is 11.6 Å². The Morgan fingerprint density at radius 1 is 0.885 bits per heavy atom. The Bertz CT molecular complexity index is 1030. The van der Waals surface area contributed by atoms with E-state index in [0.717, 1.165) is 27.6 Å². The first-order chi connectivity index (χ1) is 12.7. The van der Waals surface area contributed by atoms with Crippen LogP contribution in [0, 0.1) is 0 Å². The molecular formula is C23H18ClNO. The predicted octanol–water partition coefficient (Wildman–Crippen LogP) is 6.23. The SMILES string of the molecule is O=C(C[C@@H](c1ccc(Cl)cc1)c1c[nH]c2ccccc12)c1ccccc1. The Kier molecular flexibility index (Phi) is 4.59. The summed E-state index contributed by atoms with van der Waals surface area (Å²) < 4.78 is 0. The average Bonchev–Trinajstić information content (AvgIpc) is 3.11. The molecule has 4 rings (SSSR count). The highest BCUT2D eigenvalue weighted by Gasteiger charge is 2.22. The maximum atomic E-state index is 12.9. The van der Waals surface area contributed by atoms with Crippen LogP contribution in [-0.4, -0.2) is 10.8 Å². The molecule has 0 saturated carbocycles. The molecule has 0 spiro atoms. The summed E-state index contributed by atoms with van der Waals surface area (Å²) in [6.45, 7) is 0. The summed E-state index contributed by atoms with van der Waals surface area (Å²) >= 11 is 6.06. The van der Waals surface area contributed by atoms with Crippen LogP contribution in [0.15, 0.2) is 85.1 Å². The lowest BCUT2D eigenvalue weighted by molar-refractivity contribution is 0.0978. The van der Waals surface area contributed by atoms with Crippen LogP contribution < -0.4 is 0 Å². The molecule has 0 aliphatic carbocycles. The van der Waals surface area contributed by atoms with Crippen LogP contribution in [0.25, 0.3) is 10.9 Å². The number of hydrogen-bond acceptors (Lipinski definition) is 1. The smallest absolute Gasteiger partial charge is 0.163 e. The van der Waals surface area contributed by atoms with Crippen molar-refractivity contribution in [2.24, 2.45) is 0 Å². The number of fused-ring (bicyclic) bond motifs is 1. The number of rotatable bonds is 5. The first-order valence-corrected chi connectivity index (χ1v) is 9.00. The maximum Gasteiger partial charge on any atom is 0.163 e. The van der Waals surface area contributed by atoms with Gasteiger partial charge in [-0.05, 0) is 29.3 Å². The quantitative estimate of drug-likeness (QED) is 0.421. The van der Waals surface area contributed by atoms with Crippen molar-refractivity contribution in [2.45, 2.75) is 12.3 Å². The number of carbonyl (C=O) groups is 1. The molecule has 3 aromatic carbocycles. The molecule has 2 nitrogen and oxygen atoms in total. The molecule has 0 unspecified atom stereocenters. The Labute approximate surface area is 157 Å². The molecule has 0 bridgehead atoms. The van der Waals surface area contributed by atoms with Gasteiger partial charge in [-0.1, -0.05) is 72.3 Å². The number of para-hydroxylation sites is 1. The average molecular weight is 360 g/mol. The maximum absolute atomic E-state index is 12.9. The number of aromatic nitrogens is 1. The van der Waals surface area contributed by atoms with Crippen LogP contribution in [0.5, 0.6) is 0 Å². The predicted molar refractivity (Wildman–Crippen MR) is 107 cm³/mol. The van der Waals surface area contributed by atoms with Crippen LogP contribution in [0.4, 0.5) is 0 Å². The fourth-order valence-corrected chi connectivity index (χ4v) is 3.54. The largest absolute Gasteiger partial charge is 0.361 e. The van der Waals surface area contributed by atoms with Crippen molar-refractivity contribution < 1.29 is 4.79 Å². The Morgan fingerprint density at radius 3 is 2.35 bits per heavy atom. The van der Waals surface area contributed by atoms with E-state index >= 15 is 0 Å². The molecule has 26 heavy (non-hydrogen) atoms. The van der Waals surface area contributed by atoms with E-state index in [-0.39, 0.29) is 11.7 Å². The minimum Gasteiger partial charge on any atom is -0.361 e. The second-order valence-corrected chi connectivity index (χ2v) is 6.82. The fraction of sp³-hybridized carbons (Fsp3) is 0.0870. The lowest BCUT2D eigenvalue weighted by Crippen LogP contribution is -2.09. The number of nitrogens with one attached hydrogen (secondary N) is 1. The number of H-pyrrole nitrogens is 1. The van der Waals surface area contributed by atoms with Crippen LogP contribution in [0.2, 0.25) is 5.02 Å². The third-order valence-electron chi connectivity index (χ3n) is 4.75. The van der Waals surface area contributed by atoms with Gasteiger partial charge in [-0.3, -0.25) is 4.79 Å². The number of benzene rings is 3. The summed E-state index contributed by atoms with van der Waals surface area (Å²) in [5.74, 6) is 0.104. The van der Waals surface area contributed by atoms with Gasteiger partial charge in [0.1, 0.15) is 0 Å². The molecule has 4 aromatic rings. The van der Waals surface area contributed by atoms with Crippen molar-refractivity contribution in [3.8, 4) is 0 Å². The number of hydrogen-bond donors (Lipinski definition) is 1. The van der Waals surface area contributed by atoms with Gasteiger partial charge in [0.15, 0.2) is 5.78 Å². The molecule has 1 N–H and O–H groups in total. The zero-order chi connectivity index (χ0) is 17.9. The zero-order valence-electron chi connectivity index (χ0n) is 14.2. The number of Topliss-reactive ketones (excluding diaryl/α,β-unsaturated/α-hetero) is 1. The first kappa shape index (κ1) is 16.6. The minimum atomic E-state index is -0.0314. The van der Waals surface area contributed by atoms with E-state index in [1.165, 1.54) is 0 Å². The van der Waals surface area contributed by atoms with E-state index < -0.39 is 0 Å². The molecule has 0 saturated heterocycles. The van der Waals surface area contributed by atoms with E-state index in [9.17, 15) is 4.79 Å². The van der Waals surface area contributed by atoms with Crippen molar-refractivity contribution in [1.29, 1.82) is 0 Å². The van der Waals surface area contributed by atoms with Crippen LogP contribution in [0.1, 0.15) is 33.8 Å². The molecule has 128 valence electrons. The van der Waals surface area contributed by atoms with Gasteiger partial charge in [-0.15, -0.1) is 0 Å². The second kappa shape index (κ2) is 7.19.